The number of hydrogen-bond donors (Lipinski definition) is 1. The first-order valence-corrected chi connectivity index (χ1v) is 14.6. The number of halogens is 2. The summed E-state index contributed by atoms with van der Waals surface area (Å²) in [6, 6.07) is 17.3. The second kappa shape index (κ2) is 12.7. The van der Waals surface area contributed by atoms with Crippen LogP contribution in [0.3, 0.4) is 0 Å². The third kappa shape index (κ3) is 6.25. The highest BCUT2D eigenvalue weighted by Gasteiger charge is 2.23. The van der Waals surface area contributed by atoms with E-state index in [1.807, 2.05) is 25.1 Å². The van der Waals surface area contributed by atoms with Crippen molar-refractivity contribution < 1.29 is 13.9 Å². The van der Waals surface area contributed by atoms with Crippen molar-refractivity contribution in [1.29, 1.82) is 0 Å². The maximum Gasteiger partial charge on any atom is 0.270 e. The lowest BCUT2D eigenvalue weighted by molar-refractivity contribution is 0.0943. The maximum absolute atomic E-state index is 15.1. The van der Waals surface area contributed by atoms with Gasteiger partial charge in [0.1, 0.15) is 22.9 Å². The van der Waals surface area contributed by atoms with Crippen molar-refractivity contribution in [3.05, 3.63) is 94.1 Å². The number of nitrogens with one attached hydrogen (secondary N) is 1. The number of aromatic nitrogens is 2. The molecule has 1 N–H and O–H groups in total. The Morgan fingerprint density at radius 1 is 1.10 bits per heavy atom. The molecule has 0 spiro atoms. The first-order valence-electron chi connectivity index (χ1n) is 14.2. The smallest absolute Gasteiger partial charge is 0.270 e. The molecule has 1 amide bonds. The van der Waals surface area contributed by atoms with Crippen LogP contribution in [0.2, 0.25) is 5.02 Å². The van der Waals surface area contributed by atoms with Crippen molar-refractivity contribution in [3.8, 4) is 5.75 Å². The topological polar surface area (TPSA) is 58.9 Å². The maximum atomic E-state index is 15.1. The minimum atomic E-state index is -0.303. The lowest BCUT2D eigenvalue weighted by atomic mass is 9.88. The molecule has 1 saturated heterocycles. The van der Waals surface area contributed by atoms with Crippen LogP contribution in [0.25, 0.3) is 5.65 Å². The fraction of sp³-hybridized carbons (Fsp3) is 0.375. The Bertz CT molecular complexity index is 1460. The zero-order chi connectivity index (χ0) is 28.1. The summed E-state index contributed by atoms with van der Waals surface area (Å²) in [4.78, 5) is 20.0. The van der Waals surface area contributed by atoms with E-state index in [1.165, 1.54) is 5.69 Å². The van der Waals surface area contributed by atoms with E-state index >= 15 is 4.39 Å². The van der Waals surface area contributed by atoms with Crippen LogP contribution in [0, 0.1) is 5.82 Å². The molecule has 2 aromatic heterocycles. The summed E-state index contributed by atoms with van der Waals surface area (Å²) in [5, 5.41) is 3.38. The number of anilines is 1. The van der Waals surface area contributed by atoms with Gasteiger partial charge in [0.25, 0.3) is 5.91 Å². The molecular weight excluding hydrogens is 527 g/mol. The van der Waals surface area contributed by atoms with Gasteiger partial charge in [-0.15, -0.1) is 0 Å². The largest absolute Gasteiger partial charge is 0.494 e. The quantitative estimate of drug-likeness (QED) is 0.208. The van der Waals surface area contributed by atoms with E-state index in [-0.39, 0.29) is 18.3 Å². The molecule has 1 aliphatic heterocycles. The summed E-state index contributed by atoms with van der Waals surface area (Å²) < 4.78 is 22.6. The predicted octanol–water partition coefficient (Wildman–Crippen LogP) is 7.18. The van der Waals surface area contributed by atoms with Gasteiger partial charge in [-0.2, -0.15) is 0 Å². The van der Waals surface area contributed by atoms with E-state index in [4.69, 9.17) is 16.3 Å². The fourth-order valence-electron chi connectivity index (χ4n) is 5.33. The van der Waals surface area contributed by atoms with Crippen LogP contribution in [0.5, 0.6) is 5.75 Å². The number of piperidine rings is 1. The minimum Gasteiger partial charge on any atom is -0.494 e. The van der Waals surface area contributed by atoms with Gasteiger partial charge in [-0.05, 0) is 79.6 Å². The van der Waals surface area contributed by atoms with Crippen LogP contribution in [-0.2, 0) is 13.0 Å². The molecule has 8 heteroatoms. The summed E-state index contributed by atoms with van der Waals surface area (Å²) in [5.74, 6) is 0.618. The number of rotatable bonds is 10. The van der Waals surface area contributed by atoms with E-state index in [2.05, 4.69) is 34.3 Å². The minimum absolute atomic E-state index is 0.0957. The van der Waals surface area contributed by atoms with Crippen LogP contribution in [0.15, 0.2) is 60.8 Å². The molecule has 0 atom stereocenters. The molecule has 5 rings (SSSR count). The Hall–Kier alpha value is -3.58. The van der Waals surface area contributed by atoms with Crippen LogP contribution in [0.4, 0.5) is 10.1 Å². The van der Waals surface area contributed by atoms with Gasteiger partial charge in [-0.1, -0.05) is 44.0 Å². The summed E-state index contributed by atoms with van der Waals surface area (Å²) in [6.07, 6.45) is 6.38. The number of imidazole rings is 1. The molecule has 3 heterocycles. The number of amides is 1. The van der Waals surface area contributed by atoms with Gasteiger partial charge in [-0.3, -0.25) is 9.20 Å². The first-order chi connectivity index (χ1) is 19.5. The molecule has 210 valence electrons. The van der Waals surface area contributed by atoms with E-state index in [0.717, 1.165) is 56.7 Å². The van der Waals surface area contributed by atoms with Crippen LogP contribution in [-0.4, -0.2) is 35.0 Å². The van der Waals surface area contributed by atoms with E-state index < -0.39 is 0 Å². The van der Waals surface area contributed by atoms with Gasteiger partial charge < -0.3 is 15.0 Å². The fourth-order valence-corrected chi connectivity index (χ4v) is 5.49. The Kier molecular flexibility index (Phi) is 8.90. The Morgan fingerprint density at radius 3 is 2.58 bits per heavy atom. The van der Waals surface area contributed by atoms with Crippen molar-refractivity contribution in [2.75, 3.05) is 24.6 Å². The van der Waals surface area contributed by atoms with Crippen molar-refractivity contribution in [2.45, 2.75) is 58.4 Å². The van der Waals surface area contributed by atoms with Gasteiger partial charge in [-0.25, -0.2) is 9.37 Å². The van der Waals surface area contributed by atoms with Crippen LogP contribution >= 0.6 is 11.6 Å². The molecule has 40 heavy (non-hydrogen) atoms. The Balaban J connectivity index is 1.17. The summed E-state index contributed by atoms with van der Waals surface area (Å²) in [7, 11) is 0. The highest BCUT2D eigenvalue weighted by atomic mass is 35.5. The van der Waals surface area contributed by atoms with Gasteiger partial charge in [0, 0.05) is 37.1 Å². The molecule has 0 saturated carbocycles. The number of carbonyl (C=O) groups is 1. The van der Waals surface area contributed by atoms with Gasteiger partial charge >= 0.3 is 0 Å². The average molecular weight is 563 g/mol. The molecule has 0 unspecified atom stereocenters. The third-order valence-corrected chi connectivity index (χ3v) is 7.88. The zero-order valence-electron chi connectivity index (χ0n) is 23.1. The number of ether oxygens (including phenoxy) is 1. The monoisotopic (exact) mass is 562 g/mol. The second-order valence-corrected chi connectivity index (χ2v) is 10.8. The van der Waals surface area contributed by atoms with Gasteiger partial charge in [0.2, 0.25) is 0 Å². The Labute approximate surface area is 240 Å². The molecule has 0 aliphatic carbocycles. The van der Waals surface area contributed by atoms with Crippen LogP contribution in [0.1, 0.15) is 72.8 Å². The van der Waals surface area contributed by atoms with E-state index in [0.29, 0.717) is 40.0 Å². The number of carbonyl (C=O) groups excluding carboxylic acids is 1. The highest BCUT2D eigenvalue weighted by molar-refractivity contribution is 6.30. The standard InChI is InChI=1S/C32H36ClFN4O2/c1-3-5-18-40-27-11-9-26(10-12-27)37-16-14-22(15-17-37)23-6-7-24(28(34)19-23)20-35-32(39)31-29(4-2)36-30-13-8-25(33)21-38(30)31/h6-13,19,21-22H,3-5,14-18,20H2,1-2H3,(H,35,39). The average Bonchev–Trinajstić information content (AvgIpc) is 3.35. The van der Waals surface area contributed by atoms with Gasteiger partial charge in [0.05, 0.1) is 17.3 Å². The van der Waals surface area contributed by atoms with Crippen molar-refractivity contribution in [3.63, 3.8) is 0 Å². The lowest BCUT2D eigenvalue weighted by Gasteiger charge is -2.34. The lowest BCUT2D eigenvalue weighted by Crippen LogP contribution is -2.32. The van der Waals surface area contributed by atoms with Crippen molar-refractivity contribution >= 4 is 28.8 Å². The normalized spacial score (nSPS) is 14.1. The third-order valence-electron chi connectivity index (χ3n) is 7.66. The Morgan fingerprint density at radius 2 is 1.88 bits per heavy atom. The number of fused-ring (bicyclic) bond motifs is 1. The van der Waals surface area contributed by atoms with Crippen LogP contribution < -0.4 is 15.0 Å². The molecule has 2 aromatic carbocycles. The van der Waals surface area contributed by atoms with Crippen molar-refractivity contribution in [2.24, 2.45) is 0 Å². The summed E-state index contributed by atoms with van der Waals surface area (Å²) in [5.41, 5.74) is 4.43. The number of pyridine rings is 1. The van der Waals surface area contributed by atoms with E-state index in [9.17, 15) is 4.79 Å². The van der Waals surface area contributed by atoms with Gasteiger partial charge in [0.15, 0.2) is 0 Å². The number of nitrogens with zero attached hydrogens (tertiary/aromatic N) is 3. The molecule has 0 bridgehead atoms. The summed E-state index contributed by atoms with van der Waals surface area (Å²) >= 11 is 6.15. The molecule has 1 aliphatic rings. The molecule has 1 fully saturated rings. The zero-order valence-corrected chi connectivity index (χ0v) is 23.9. The highest BCUT2D eigenvalue weighted by Crippen LogP contribution is 2.32. The number of unbranched alkanes of at least 4 members (excludes halogenated alkanes) is 1. The second-order valence-electron chi connectivity index (χ2n) is 10.3. The number of hydrogen-bond acceptors (Lipinski definition) is 4. The molecular formula is C32H36ClFN4O2. The first kappa shape index (κ1) is 28.0. The SMILES string of the molecule is CCCCOc1ccc(N2CCC(c3ccc(CNC(=O)c4c(CC)nc5ccc(Cl)cn45)c(F)c3)CC2)cc1. The molecule has 4 aromatic rings. The number of benzene rings is 2. The van der Waals surface area contributed by atoms with E-state index in [1.54, 1.807) is 34.9 Å². The molecule has 6 nitrogen and oxygen atoms in total. The predicted molar refractivity (Wildman–Crippen MR) is 158 cm³/mol. The summed E-state index contributed by atoms with van der Waals surface area (Å²) in [6.45, 7) is 6.79. The molecule has 0 radical (unpaired) electrons. The number of aryl methyl sites for hydroxylation is 1. The van der Waals surface area contributed by atoms with Crippen molar-refractivity contribution in [1.82, 2.24) is 14.7 Å².